The van der Waals surface area contributed by atoms with E-state index in [4.69, 9.17) is 0 Å². The summed E-state index contributed by atoms with van der Waals surface area (Å²) in [5.74, 6) is 0.0670. The van der Waals surface area contributed by atoms with Crippen molar-refractivity contribution < 1.29 is 12.8 Å². The van der Waals surface area contributed by atoms with Crippen molar-refractivity contribution in [1.29, 1.82) is 0 Å². The van der Waals surface area contributed by atoms with Crippen molar-refractivity contribution in [2.45, 2.75) is 25.5 Å². The van der Waals surface area contributed by atoms with E-state index in [1.165, 1.54) is 12.1 Å². The number of piperazine rings is 1. The molecule has 0 aliphatic carbocycles. The van der Waals surface area contributed by atoms with E-state index in [-0.39, 0.29) is 11.6 Å². The summed E-state index contributed by atoms with van der Waals surface area (Å²) in [5.41, 5.74) is 0.515. The van der Waals surface area contributed by atoms with Crippen LogP contribution in [0.1, 0.15) is 25.3 Å². The van der Waals surface area contributed by atoms with Gasteiger partial charge < -0.3 is 9.80 Å². The third-order valence-electron chi connectivity index (χ3n) is 5.63. The lowest BCUT2D eigenvalue weighted by Crippen LogP contribution is -2.49. The van der Waals surface area contributed by atoms with Crippen molar-refractivity contribution in [3.8, 4) is 0 Å². The molecule has 0 atom stereocenters. The Labute approximate surface area is 156 Å². The molecule has 3 rings (SSSR count). The van der Waals surface area contributed by atoms with Gasteiger partial charge in [0, 0.05) is 45.8 Å². The Morgan fingerprint density at radius 1 is 1.04 bits per heavy atom. The lowest BCUT2D eigenvalue weighted by Gasteiger charge is -2.38. The van der Waals surface area contributed by atoms with Gasteiger partial charge in [-0.15, -0.1) is 0 Å². The van der Waals surface area contributed by atoms with Crippen LogP contribution in [0.5, 0.6) is 0 Å². The first-order chi connectivity index (χ1) is 12.5. The van der Waals surface area contributed by atoms with Crippen molar-refractivity contribution in [1.82, 2.24) is 14.1 Å². The second-order valence-corrected chi connectivity index (χ2v) is 9.43. The molecular formula is C19H30FN3O2S. The van der Waals surface area contributed by atoms with Crippen LogP contribution in [0.4, 0.5) is 4.39 Å². The van der Waals surface area contributed by atoms with Gasteiger partial charge in [-0.3, -0.25) is 0 Å². The fourth-order valence-corrected chi connectivity index (χ4v) is 5.50. The van der Waals surface area contributed by atoms with Gasteiger partial charge in [0.05, 0.1) is 5.75 Å². The Balaban J connectivity index is 1.47. The number of hydrogen-bond donors (Lipinski definition) is 0. The zero-order chi connectivity index (χ0) is 18.6. The average molecular weight is 384 g/mol. The molecule has 26 heavy (non-hydrogen) atoms. The second-order valence-electron chi connectivity index (χ2n) is 7.46. The molecule has 0 radical (unpaired) electrons. The number of benzene rings is 1. The Morgan fingerprint density at radius 3 is 2.31 bits per heavy atom. The molecule has 0 saturated carbocycles. The van der Waals surface area contributed by atoms with Crippen LogP contribution in [0, 0.1) is 11.7 Å². The smallest absolute Gasteiger partial charge is 0.218 e. The molecule has 0 N–H and O–H groups in total. The number of nitrogens with zero attached hydrogens (tertiary/aromatic N) is 3. The highest BCUT2D eigenvalue weighted by Crippen LogP contribution is 2.23. The van der Waals surface area contributed by atoms with E-state index in [9.17, 15) is 12.8 Å². The minimum absolute atomic E-state index is 0.117. The first-order valence-corrected chi connectivity index (χ1v) is 11.2. The molecule has 1 aromatic rings. The molecule has 0 amide bonds. The van der Waals surface area contributed by atoms with Crippen LogP contribution < -0.4 is 0 Å². The zero-order valence-electron chi connectivity index (χ0n) is 15.6. The summed E-state index contributed by atoms with van der Waals surface area (Å²) >= 11 is 0. The van der Waals surface area contributed by atoms with Crippen molar-refractivity contribution in [3.05, 3.63) is 35.6 Å². The van der Waals surface area contributed by atoms with Crippen LogP contribution >= 0.6 is 0 Å². The van der Waals surface area contributed by atoms with Crippen molar-refractivity contribution in [3.63, 3.8) is 0 Å². The highest BCUT2D eigenvalue weighted by molar-refractivity contribution is 7.88. The monoisotopic (exact) mass is 383 g/mol. The maximum atomic E-state index is 13.3. The quantitative estimate of drug-likeness (QED) is 0.754. The molecule has 0 bridgehead atoms. The van der Waals surface area contributed by atoms with E-state index < -0.39 is 10.0 Å². The van der Waals surface area contributed by atoms with Crippen LogP contribution in [-0.4, -0.2) is 74.9 Å². The van der Waals surface area contributed by atoms with Gasteiger partial charge >= 0.3 is 0 Å². The van der Waals surface area contributed by atoms with Crippen LogP contribution in [0.2, 0.25) is 0 Å². The summed E-state index contributed by atoms with van der Waals surface area (Å²) in [6, 6.07) is 5.87. The lowest BCUT2D eigenvalue weighted by atomic mass is 9.97. The molecule has 7 heteroatoms. The maximum Gasteiger partial charge on any atom is 0.218 e. The van der Waals surface area contributed by atoms with Gasteiger partial charge in [-0.2, -0.15) is 0 Å². The Bertz CT molecular complexity index is 682. The number of piperidine rings is 1. The molecule has 0 unspecified atom stereocenters. The van der Waals surface area contributed by atoms with E-state index >= 15 is 0 Å². The predicted molar refractivity (Wildman–Crippen MR) is 102 cm³/mol. The van der Waals surface area contributed by atoms with Gasteiger partial charge in [0.2, 0.25) is 10.0 Å². The van der Waals surface area contributed by atoms with Gasteiger partial charge in [0.25, 0.3) is 0 Å². The Kier molecular flexibility index (Phi) is 6.66. The number of likely N-dealkylation sites (N-methyl/N-ethyl adjacent to an activating group) is 1. The van der Waals surface area contributed by atoms with E-state index in [0.717, 1.165) is 52.1 Å². The summed E-state index contributed by atoms with van der Waals surface area (Å²) < 4.78 is 40.1. The number of sulfonamides is 1. The van der Waals surface area contributed by atoms with Crippen LogP contribution in [-0.2, 0) is 15.8 Å². The van der Waals surface area contributed by atoms with Crippen molar-refractivity contribution >= 4 is 10.0 Å². The molecular weight excluding hydrogens is 353 g/mol. The minimum Gasteiger partial charge on any atom is -0.301 e. The highest BCUT2D eigenvalue weighted by Gasteiger charge is 2.29. The van der Waals surface area contributed by atoms with Crippen LogP contribution in [0.15, 0.2) is 24.3 Å². The third-order valence-corrected chi connectivity index (χ3v) is 7.48. The normalized spacial score (nSPS) is 21.9. The highest BCUT2D eigenvalue weighted by atomic mass is 32.2. The molecule has 2 aliphatic rings. The van der Waals surface area contributed by atoms with Crippen LogP contribution in [0.3, 0.4) is 0 Å². The van der Waals surface area contributed by atoms with Gasteiger partial charge in [0.1, 0.15) is 5.82 Å². The molecule has 2 aliphatic heterocycles. The first kappa shape index (κ1) is 19.7. The fourth-order valence-electron chi connectivity index (χ4n) is 3.95. The number of hydrogen-bond acceptors (Lipinski definition) is 4. The topological polar surface area (TPSA) is 43.9 Å². The van der Waals surface area contributed by atoms with E-state index in [1.807, 2.05) is 0 Å². The minimum atomic E-state index is -3.37. The third kappa shape index (κ3) is 5.25. The first-order valence-electron chi connectivity index (χ1n) is 9.63. The number of halogens is 1. The van der Waals surface area contributed by atoms with E-state index in [0.29, 0.717) is 24.6 Å². The summed E-state index contributed by atoms with van der Waals surface area (Å²) in [5, 5.41) is 0. The van der Waals surface area contributed by atoms with Crippen molar-refractivity contribution in [2.24, 2.45) is 5.92 Å². The SMILES string of the molecule is CCN1CCN(CC2CCN(S(=O)(=O)Cc3cccc(F)c3)CC2)CC1. The summed E-state index contributed by atoms with van der Waals surface area (Å²) in [6.45, 7) is 10.1. The average Bonchev–Trinajstić information content (AvgIpc) is 2.62. The number of rotatable bonds is 6. The molecule has 5 nitrogen and oxygen atoms in total. The van der Waals surface area contributed by atoms with E-state index in [2.05, 4.69) is 16.7 Å². The van der Waals surface area contributed by atoms with Crippen molar-refractivity contribution in [2.75, 3.05) is 52.4 Å². The summed E-state index contributed by atoms with van der Waals surface area (Å²) in [4.78, 5) is 4.99. The summed E-state index contributed by atoms with van der Waals surface area (Å²) in [6.07, 6.45) is 1.83. The van der Waals surface area contributed by atoms with Gasteiger partial charge in [-0.05, 0) is 43.0 Å². The lowest BCUT2D eigenvalue weighted by molar-refractivity contribution is 0.109. The predicted octanol–water partition coefficient (Wildman–Crippen LogP) is 2.00. The summed E-state index contributed by atoms with van der Waals surface area (Å²) in [7, 11) is -3.37. The molecule has 0 spiro atoms. The zero-order valence-corrected chi connectivity index (χ0v) is 16.4. The molecule has 1 aromatic carbocycles. The van der Waals surface area contributed by atoms with Crippen LogP contribution in [0.25, 0.3) is 0 Å². The molecule has 2 heterocycles. The standard InChI is InChI=1S/C19H30FN3O2S/c1-2-21-10-12-22(13-11-21)15-17-6-8-23(9-7-17)26(24,25)16-18-4-3-5-19(20)14-18/h3-5,14,17H,2,6-13,15-16H2,1H3. The van der Waals surface area contributed by atoms with Gasteiger partial charge in [-0.25, -0.2) is 17.1 Å². The Hall–Kier alpha value is -1.02. The maximum absolute atomic E-state index is 13.3. The molecule has 146 valence electrons. The fraction of sp³-hybridized carbons (Fsp3) is 0.684. The molecule has 0 aromatic heterocycles. The largest absolute Gasteiger partial charge is 0.301 e. The van der Waals surface area contributed by atoms with Gasteiger partial charge in [0.15, 0.2) is 0 Å². The van der Waals surface area contributed by atoms with Gasteiger partial charge in [-0.1, -0.05) is 19.1 Å². The Morgan fingerprint density at radius 2 is 1.69 bits per heavy atom. The second kappa shape index (κ2) is 8.78. The molecule has 2 saturated heterocycles. The molecule has 2 fully saturated rings. The van der Waals surface area contributed by atoms with E-state index in [1.54, 1.807) is 16.4 Å².